The van der Waals surface area contributed by atoms with Crippen LogP contribution in [0.25, 0.3) is 11.4 Å². The van der Waals surface area contributed by atoms with E-state index in [1.807, 2.05) is 23.6 Å². The molecule has 0 atom stereocenters. The number of nitrogens with one attached hydrogen (secondary N) is 1. The maximum Gasteiger partial charge on any atom is 0.255 e. The fourth-order valence-corrected chi connectivity index (χ4v) is 3.91. The summed E-state index contributed by atoms with van der Waals surface area (Å²) in [7, 11) is 0. The van der Waals surface area contributed by atoms with Gasteiger partial charge in [0.05, 0.1) is 28.5 Å². The van der Waals surface area contributed by atoms with Gasteiger partial charge in [0.15, 0.2) is 0 Å². The SMILES string of the molecule is CCc1nc(CNC(=O)c2cnc(N3CCCC3)nc2-c2ccccn2)cs1. The summed E-state index contributed by atoms with van der Waals surface area (Å²) in [4.78, 5) is 33.0. The zero-order valence-corrected chi connectivity index (χ0v) is 16.6. The molecule has 0 saturated carbocycles. The smallest absolute Gasteiger partial charge is 0.255 e. The van der Waals surface area contributed by atoms with E-state index in [0.29, 0.717) is 29.4 Å². The molecule has 1 aliphatic heterocycles. The molecule has 0 spiro atoms. The molecule has 7 nitrogen and oxygen atoms in total. The summed E-state index contributed by atoms with van der Waals surface area (Å²) in [6.45, 7) is 4.33. The first-order valence-electron chi connectivity index (χ1n) is 9.49. The highest BCUT2D eigenvalue weighted by molar-refractivity contribution is 7.09. The largest absolute Gasteiger partial charge is 0.346 e. The van der Waals surface area contributed by atoms with Crippen molar-refractivity contribution in [2.24, 2.45) is 0 Å². The maximum atomic E-state index is 12.9. The lowest BCUT2D eigenvalue weighted by molar-refractivity contribution is 0.0950. The summed E-state index contributed by atoms with van der Waals surface area (Å²) >= 11 is 1.61. The van der Waals surface area contributed by atoms with Gasteiger partial charge in [-0.15, -0.1) is 11.3 Å². The normalized spacial score (nSPS) is 13.7. The summed E-state index contributed by atoms with van der Waals surface area (Å²) in [5.41, 5.74) is 2.51. The zero-order chi connectivity index (χ0) is 19.3. The fourth-order valence-electron chi connectivity index (χ4n) is 3.16. The Kier molecular flexibility index (Phi) is 5.57. The number of rotatable bonds is 6. The monoisotopic (exact) mass is 394 g/mol. The number of hydrogen-bond donors (Lipinski definition) is 1. The van der Waals surface area contributed by atoms with Gasteiger partial charge in [-0.25, -0.2) is 15.0 Å². The van der Waals surface area contributed by atoms with Crippen LogP contribution in [0.2, 0.25) is 0 Å². The van der Waals surface area contributed by atoms with Gasteiger partial charge in [0.2, 0.25) is 5.95 Å². The molecular weight excluding hydrogens is 372 g/mol. The predicted octanol–water partition coefficient (Wildman–Crippen LogP) is 3.09. The van der Waals surface area contributed by atoms with Crippen molar-refractivity contribution in [2.45, 2.75) is 32.7 Å². The molecule has 3 aromatic rings. The number of aryl methyl sites for hydroxylation is 1. The minimum Gasteiger partial charge on any atom is -0.346 e. The summed E-state index contributed by atoms with van der Waals surface area (Å²) in [6, 6.07) is 5.60. The lowest BCUT2D eigenvalue weighted by Crippen LogP contribution is -2.26. The Bertz CT molecular complexity index is 952. The van der Waals surface area contributed by atoms with Crippen molar-refractivity contribution < 1.29 is 4.79 Å². The number of carbonyl (C=O) groups is 1. The van der Waals surface area contributed by atoms with Gasteiger partial charge in [-0.2, -0.15) is 0 Å². The van der Waals surface area contributed by atoms with E-state index < -0.39 is 0 Å². The molecule has 144 valence electrons. The van der Waals surface area contributed by atoms with Crippen LogP contribution in [0.3, 0.4) is 0 Å². The Balaban J connectivity index is 1.60. The number of carbonyl (C=O) groups excluding carboxylic acids is 1. The second-order valence-corrected chi connectivity index (χ2v) is 7.55. The van der Waals surface area contributed by atoms with Gasteiger partial charge in [-0.05, 0) is 31.4 Å². The highest BCUT2D eigenvalue weighted by Crippen LogP contribution is 2.23. The van der Waals surface area contributed by atoms with Gasteiger partial charge >= 0.3 is 0 Å². The first-order valence-corrected chi connectivity index (χ1v) is 10.4. The van der Waals surface area contributed by atoms with Crippen LogP contribution < -0.4 is 10.2 Å². The molecule has 0 unspecified atom stereocenters. The van der Waals surface area contributed by atoms with E-state index >= 15 is 0 Å². The number of amides is 1. The average Bonchev–Trinajstić information content (AvgIpc) is 3.44. The lowest BCUT2D eigenvalue weighted by atomic mass is 10.1. The number of anilines is 1. The van der Waals surface area contributed by atoms with E-state index in [1.165, 1.54) is 0 Å². The van der Waals surface area contributed by atoms with Crippen LogP contribution >= 0.6 is 11.3 Å². The topological polar surface area (TPSA) is 83.9 Å². The van der Waals surface area contributed by atoms with Crippen molar-refractivity contribution in [1.82, 2.24) is 25.3 Å². The van der Waals surface area contributed by atoms with E-state index in [4.69, 9.17) is 4.98 Å². The first-order chi connectivity index (χ1) is 13.7. The van der Waals surface area contributed by atoms with Crippen LogP contribution in [0.4, 0.5) is 5.95 Å². The number of hydrogen-bond acceptors (Lipinski definition) is 7. The molecule has 0 bridgehead atoms. The van der Waals surface area contributed by atoms with Gasteiger partial charge in [0.25, 0.3) is 5.91 Å². The molecule has 1 amide bonds. The molecule has 28 heavy (non-hydrogen) atoms. The molecule has 3 aromatic heterocycles. The molecular formula is C20H22N6OS. The number of pyridine rings is 1. The second-order valence-electron chi connectivity index (χ2n) is 6.61. The van der Waals surface area contributed by atoms with Crippen LogP contribution in [0.15, 0.2) is 36.0 Å². The van der Waals surface area contributed by atoms with Crippen molar-refractivity contribution in [1.29, 1.82) is 0 Å². The summed E-state index contributed by atoms with van der Waals surface area (Å²) in [5.74, 6) is 0.432. The van der Waals surface area contributed by atoms with Crippen molar-refractivity contribution in [2.75, 3.05) is 18.0 Å². The first kappa shape index (κ1) is 18.5. The second kappa shape index (κ2) is 8.43. The summed E-state index contributed by atoms with van der Waals surface area (Å²) in [6.07, 6.45) is 6.48. The molecule has 0 radical (unpaired) electrons. The average molecular weight is 395 g/mol. The standard InChI is InChI=1S/C20H22N6OS/c1-2-17-24-14(13-28-17)11-22-19(27)15-12-23-20(26-9-5-6-10-26)25-18(15)16-7-3-4-8-21-16/h3-4,7-8,12-13H,2,5-6,9-11H2,1H3,(H,22,27). The third-order valence-electron chi connectivity index (χ3n) is 4.65. The minimum absolute atomic E-state index is 0.223. The Morgan fingerprint density at radius 3 is 2.79 bits per heavy atom. The third kappa shape index (κ3) is 4.01. The van der Waals surface area contributed by atoms with E-state index in [9.17, 15) is 4.79 Å². The van der Waals surface area contributed by atoms with Crippen molar-refractivity contribution in [3.05, 3.63) is 52.2 Å². The zero-order valence-electron chi connectivity index (χ0n) is 15.8. The maximum absolute atomic E-state index is 12.9. The van der Waals surface area contributed by atoms with Crippen LogP contribution in [0, 0.1) is 0 Å². The van der Waals surface area contributed by atoms with E-state index in [0.717, 1.165) is 43.1 Å². The van der Waals surface area contributed by atoms with Crippen LogP contribution in [0.5, 0.6) is 0 Å². The van der Waals surface area contributed by atoms with E-state index in [1.54, 1.807) is 23.7 Å². The third-order valence-corrected chi connectivity index (χ3v) is 5.69. The molecule has 1 fully saturated rings. The van der Waals surface area contributed by atoms with Crippen molar-refractivity contribution in [3.8, 4) is 11.4 Å². The van der Waals surface area contributed by atoms with Crippen molar-refractivity contribution in [3.63, 3.8) is 0 Å². The van der Waals surface area contributed by atoms with E-state index in [2.05, 4.69) is 32.1 Å². The molecule has 1 saturated heterocycles. The Morgan fingerprint density at radius 1 is 1.21 bits per heavy atom. The Labute approximate surface area is 167 Å². The molecule has 1 aliphatic rings. The van der Waals surface area contributed by atoms with Crippen LogP contribution in [0.1, 0.15) is 40.8 Å². The molecule has 4 heterocycles. The molecule has 1 N–H and O–H groups in total. The lowest BCUT2D eigenvalue weighted by Gasteiger charge is -2.17. The van der Waals surface area contributed by atoms with Gasteiger partial charge in [-0.1, -0.05) is 13.0 Å². The van der Waals surface area contributed by atoms with Gasteiger partial charge in [0, 0.05) is 30.9 Å². The quantitative estimate of drug-likeness (QED) is 0.692. The molecule has 8 heteroatoms. The van der Waals surface area contributed by atoms with Crippen molar-refractivity contribution >= 4 is 23.2 Å². The Morgan fingerprint density at radius 2 is 2.07 bits per heavy atom. The Hall–Kier alpha value is -2.87. The van der Waals surface area contributed by atoms with Gasteiger partial charge in [-0.3, -0.25) is 9.78 Å². The molecule has 0 aliphatic carbocycles. The summed E-state index contributed by atoms with van der Waals surface area (Å²) < 4.78 is 0. The van der Waals surface area contributed by atoms with Gasteiger partial charge < -0.3 is 10.2 Å². The molecule has 0 aromatic carbocycles. The minimum atomic E-state index is -0.223. The van der Waals surface area contributed by atoms with Crippen LogP contribution in [-0.4, -0.2) is 38.9 Å². The highest BCUT2D eigenvalue weighted by Gasteiger charge is 2.21. The fraction of sp³-hybridized carbons (Fsp3) is 0.350. The number of aromatic nitrogens is 4. The predicted molar refractivity (Wildman–Crippen MR) is 109 cm³/mol. The summed E-state index contributed by atoms with van der Waals surface area (Å²) in [5, 5.41) is 5.98. The van der Waals surface area contributed by atoms with Crippen LogP contribution in [-0.2, 0) is 13.0 Å². The molecule has 4 rings (SSSR count). The number of nitrogens with zero attached hydrogens (tertiary/aromatic N) is 5. The number of thiazole rings is 1. The highest BCUT2D eigenvalue weighted by atomic mass is 32.1. The van der Waals surface area contributed by atoms with Gasteiger partial charge in [0.1, 0.15) is 5.69 Å². The van der Waals surface area contributed by atoms with E-state index in [-0.39, 0.29) is 5.91 Å².